The second kappa shape index (κ2) is 9.96. The highest BCUT2D eigenvalue weighted by atomic mass is 16.5. The van der Waals surface area contributed by atoms with Crippen LogP contribution in [0.5, 0.6) is 11.5 Å². The fourth-order valence-corrected chi connectivity index (χ4v) is 3.48. The molecule has 0 bridgehead atoms. The molecule has 6 nitrogen and oxygen atoms in total. The molecule has 0 saturated carbocycles. The van der Waals surface area contributed by atoms with Crippen LogP contribution in [0, 0.1) is 0 Å². The minimum atomic E-state index is -0.289. The van der Waals surface area contributed by atoms with Gasteiger partial charge in [0.25, 0.3) is 11.8 Å². The first-order valence-corrected chi connectivity index (χ1v) is 10.1. The molecule has 2 aromatic carbocycles. The molecule has 1 aliphatic rings. The molecule has 1 aliphatic heterocycles. The van der Waals surface area contributed by atoms with Gasteiger partial charge in [-0.05, 0) is 49.1 Å². The van der Waals surface area contributed by atoms with Crippen LogP contribution in [-0.4, -0.2) is 47.6 Å². The smallest absolute Gasteiger partial charge is 0.260 e. The Balaban J connectivity index is 1.42. The number of nitrogens with one attached hydrogen (secondary N) is 1. The fraction of sp³-hybridized carbons (Fsp3) is 0.391. The molecule has 1 saturated heterocycles. The lowest BCUT2D eigenvalue weighted by Crippen LogP contribution is -2.47. The molecule has 0 unspecified atom stereocenters. The van der Waals surface area contributed by atoms with Crippen LogP contribution in [0.4, 0.5) is 0 Å². The van der Waals surface area contributed by atoms with Gasteiger partial charge in [0, 0.05) is 19.1 Å². The van der Waals surface area contributed by atoms with Crippen molar-refractivity contribution in [3.8, 4) is 11.5 Å². The van der Waals surface area contributed by atoms with Crippen LogP contribution in [0.3, 0.4) is 0 Å². The molecule has 1 heterocycles. The minimum Gasteiger partial charge on any atom is -0.507 e. The highest BCUT2D eigenvalue weighted by molar-refractivity contribution is 5.96. The van der Waals surface area contributed by atoms with E-state index in [1.54, 1.807) is 23.1 Å². The number of ether oxygens (including phenoxy) is 1. The summed E-state index contributed by atoms with van der Waals surface area (Å²) in [4.78, 5) is 26.5. The summed E-state index contributed by atoms with van der Waals surface area (Å²) < 4.78 is 5.63. The summed E-state index contributed by atoms with van der Waals surface area (Å²) >= 11 is 0. The molecule has 2 amide bonds. The van der Waals surface area contributed by atoms with E-state index in [9.17, 15) is 14.7 Å². The van der Waals surface area contributed by atoms with Crippen molar-refractivity contribution in [1.29, 1.82) is 0 Å². The maximum atomic E-state index is 12.4. The monoisotopic (exact) mass is 396 g/mol. The third kappa shape index (κ3) is 5.73. The number of amides is 2. The van der Waals surface area contributed by atoms with Crippen LogP contribution in [0.1, 0.15) is 42.1 Å². The normalized spacial score (nSPS) is 14.4. The Labute approximate surface area is 171 Å². The van der Waals surface area contributed by atoms with Crippen molar-refractivity contribution in [1.82, 2.24) is 10.2 Å². The first-order valence-electron chi connectivity index (χ1n) is 10.1. The molecule has 0 radical (unpaired) electrons. The molecule has 2 aromatic rings. The van der Waals surface area contributed by atoms with Crippen molar-refractivity contribution in [3.63, 3.8) is 0 Å². The first kappa shape index (κ1) is 20.7. The third-order valence-electron chi connectivity index (χ3n) is 5.16. The van der Waals surface area contributed by atoms with Gasteiger partial charge in [0.1, 0.15) is 11.5 Å². The molecule has 1 fully saturated rings. The Kier molecular flexibility index (Phi) is 7.11. The molecule has 3 rings (SSSR count). The van der Waals surface area contributed by atoms with Crippen molar-refractivity contribution in [2.24, 2.45) is 0 Å². The Morgan fingerprint density at radius 2 is 1.79 bits per heavy atom. The zero-order valence-electron chi connectivity index (χ0n) is 16.8. The summed E-state index contributed by atoms with van der Waals surface area (Å²) in [5.41, 5.74) is 1.53. The van der Waals surface area contributed by atoms with E-state index < -0.39 is 0 Å². The third-order valence-corrected chi connectivity index (χ3v) is 5.16. The number of hydrogen-bond donors (Lipinski definition) is 2. The number of carbonyl (C=O) groups excluding carboxylic acids is 2. The van der Waals surface area contributed by atoms with Crippen LogP contribution in [0.15, 0.2) is 48.5 Å². The molecular formula is C23H28N2O4. The van der Waals surface area contributed by atoms with Crippen molar-refractivity contribution < 1.29 is 19.4 Å². The maximum absolute atomic E-state index is 12.4. The summed E-state index contributed by atoms with van der Waals surface area (Å²) in [6.45, 7) is 3.30. The molecule has 0 aliphatic carbocycles. The van der Waals surface area contributed by atoms with Gasteiger partial charge in [-0.25, -0.2) is 0 Å². The number of aryl methyl sites for hydroxylation is 1. The Hall–Kier alpha value is -3.02. The van der Waals surface area contributed by atoms with Crippen LogP contribution >= 0.6 is 0 Å². The molecule has 0 aromatic heterocycles. The molecule has 0 spiro atoms. The zero-order chi connectivity index (χ0) is 20.6. The van der Waals surface area contributed by atoms with E-state index in [-0.39, 0.29) is 35.8 Å². The molecule has 154 valence electrons. The van der Waals surface area contributed by atoms with Crippen molar-refractivity contribution in [2.45, 2.75) is 38.6 Å². The largest absolute Gasteiger partial charge is 0.507 e. The van der Waals surface area contributed by atoms with E-state index in [2.05, 4.69) is 12.2 Å². The summed E-state index contributed by atoms with van der Waals surface area (Å²) in [5.74, 6) is 0.330. The molecule has 6 heteroatoms. The first-order chi connectivity index (χ1) is 14.1. The second-order valence-corrected chi connectivity index (χ2v) is 7.33. The summed E-state index contributed by atoms with van der Waals surface area (Å²) in [7, 11) is 0. The maximum Gasteiger partial charge on any atom is 0.260 e. The number of benzene rings is 2. The number of nitrogens with zero attached hydrogens (tertiary/aromatic N) is 1. The highest BCUT2D eigenvalue weighted by Gasteiger charge is 2.25. The molecule has 0 atom stereocenters. The molecular weight excluding hydrogens is 368 g/mol. The second-order valence-electron chi connectivity index (χ2n) is 7.33. The van der Waals surface area contributed by atoms with E-state index in [0.29, 0.717) is 31.7 Å². The predicted molar refractivity (Wildman–Crippen MR) is 111 cm³/mol. The number of phenols is 1. The summed E-state index contributed by atoms with van der Waals surface area (Å²) in [6.07, 6.45) is 3.49. The Morgan fingerprint density at radius 1 is 1.10 bits per heavy atom. The van der Waals surface area contributed by atoms with Gasteiger partial charge in [-0.3, -0.25) is 9.59 Å². The van der Waals surface area contributed by atoms with Gasteiger partial charge in [-0.1, -0.05) is 37.6 Å². The number of rotatable bonds is 7. The van der Waals surface area contributed by atoms with E-state index >= 15 is 0 Å². The topological polar surface area (TPSA) is 78.9 Å². The number of hydrogen-bond acceptors (Lipinski definition) is 4. The number of piperidine rings is 1. The van der Waals surface area contributed by atoms with Crippen LogP contribution in [-0.2, 0) is 11.2 Å². The van der Waals surface area contributed by atoms with Gasteiger partial charge in [-0.15, -0.1) is 0 Å². The molecule has 29 heavy (non-hydrogen) atoms. The number of para-hydroxylation sites is 1. The van der Waals surface area contributed by atoms with E-state index in [1.807, 2.05) is 24.3 Å². The van der Waals surface area contributed by atoms with Gasteiger partial charge in [0.15, 0.2) is 6.61 Å². The lowest BCUT2D eigenvalue weighted by Gasteiger charge is -2.32. The van der Waals surface area contributed by atoms with Crippen molar-refractivity contribution >= 4 is 11.8 Å². The Morgan fingerprint density at radius 3 is 2.45 bits per heavy atom. The van der Waals surface area contributed by atoms with Gasteiger partial charge in [0.2, 0.25) is 0 Å². The van der Waals surface area contributed by atoms with Gasteiger partial charge in [0.05, 0.1) is 5.56 Å². The van der Waals surface area contributed by atoms with Crippen LogP contribution < -0.4 is 10.1 Å². The number of aromatic hydroxyl groups is 1. The predicted octanol–water partition coefficient (Wildman–Crippen LogP) is 3.14. The minimum absolute atomic E-state index is 0.0156. The van der Waals surface area contributed by atoms with Crippen LogP contribution in [0.2, 0.25) is 0 Å². The average molecular weight is 396 g/mol. The number of carbonyl (C=O) groups is 2. The number of phenolic OH excluding ortho intramolecular Hbond substituents is 1. The molecule has 2 N–H and O–H groups in total. The zero-order valence-corrected chi connectivity index (χ0v) is 16.8. The van der Waals surface area contributed by atoms with Gasteiger partial charge in [-0.2, -0.15) is 0 Å². The fourth-order valence-electron chi connectivity index (χ4n) is 3.48. The van der Waals surface area contributed by atoms with E-state index in [1.165, 1.54) is 11.6 Å². The van der Waals surface area contributed by atoms with Crippen molar-refractivity contribution in [2.75, 3.05) is 19.7 Å². The SMILES string of the molecule is CCCc1ccc(OCC(=O)N2CCC(NC(=O)c3ccccc3O)CC2)cc1. The quantitative estimate of drug-likeness (QED) is 0.754. The Bertz CT molecular complexity index is 827. The average Bonchev–Trinajstić information content (AvgIpc) is 2.74. The lowest BCUT2D eigenvalue weighted by molar-refractivity contribution is -0.134. The number of likely N-dealkylation sites (tertiary alicyclic amines) is 1. The lowest BCUT2D eigenvalue weighted by atomic mass is 10.0. The standard InChI is InChI=1S/C23H28N2O4/c1-2-5-17-8-10-19(11-9-17)29-16-22(27)25-14-12-18(13-15-25)24-23(28)20-6-3-4-7-21(20)26/h3-4,6-11,18,26H,2,5,12-16H2,1H3,(H,24,28). The summed E-state index contributed by atoms with van der Waals surface area (Å²) in [5, 5.41) is 12.7. The van der Waals surface area contributed by atoms with Gasteiger partial charge < -0.3 is 20.1 Å². The van der Waals surface area contributed by atoms with Crippen molar-refractivity contribution in [3.05, 3.63) is 59.7 Å². The highest BCUT2D eigenvalue weighted by Crippen LogP contribution is 2.18. The summed E-state index contributed by atoms with van der Waals surface area (Å²) in [6, 6.07) is 14.3. The van der Waals surface area contributed by atoms with Crippen LogP contribution in [0.25, 0.3) is 0 Å². The van der Waals surface area contributed by atoms with E-state index in [4.69, 9.17) is 4.74 Å². The van der Waals surface area contributed by atoms with Gasteiger partial charge >= 0.3 is 0 Å². The van der Waals surface area contributed by atoms with E-state index in [0.717, 1.165) is 12.8 Å².